The molecule has 0 aliphatic carbocycles. The number of carboxylic acid groups (broad SMARTS) is 1. The van der Waals surface area contributed by atoms with Gasteiger partial charge in [0.25, 0.3) is 0 Å². The van der Waals surface area contributed by atoms with Crippen LogP contribution in [0.15, 0.2) is 29.2 Å². The zero-order valence-corrected chi connectivity index (χ0v) is 12.2. The summed E-state index contributed by atoms with van der Waals surface area (Å²) in [6, 6.07) is 6.93. The second-order valence-corrected chi connectivity index (χ2v) is 5.14. The lowest BCUT2D eigenvalue weighted by molar-refractivity contribution is -0.140. The fourth-order valence-electron chi connectivity index (χ4n) is 1.64. The predicted octanol–water partition coefficient (Wildman–Crippen LogP) is 2.72. The molecule has 0 saturated heterocycles. The van der Waals surface area contributed by atoms with Gasteiger partial charge < -0.3 is 10.0 Å². The number of thiocyanates is 1. The van der Waals surface area contributed by atoms with E-state index in [1.54, 1.807) is 38.1 Å². The van der Waals surface area contributed by atoms with Crippen LogP contribution >= 0.6 is 11.8 Å². The number of carbonyl (C=O) groups excluding carboxylic acids is 1. The molecule has 0 aromatic heterocycles. The highest BCUT2D eigenvalue weighted by atomic mass is 32.2. The number of nitrogens with zero attached hydrogens (tertiary/aromatic N) is 2. The topological polar surface area (TPSA) is 81.4 Å². The third-order valence-electron chi connectivity index (χ3n) is 2.79. The Morgan fingerprint density at radius 3 is 2.45 bits per heavy atom. The van der Waals surface area contributed by atoms with Crippen molar-refractivity contribution < 1.29 is 14.7 Å². The molecule has 0 saturated carbocycles. The lowest BCUT2D eigenvalue weighted by Crippen LogP contribution is -2.36. The number of thioether (sulfide) groups is 1. The number of nitriles is 1. The third kappa shape index (κ3) is 4.28. The quantitative estimate of drug-likeness (QED) is 0.644. The molecule has 1 N–H and O–H groups in total. The van der Waals surface area contributed by atoms with Crippen LogP contribution in [0.1, 0.15) is 20.3 Å². The Hall–Kier alpha value is -2.00. The van der Waals surface area contributed by atoms with Crippen LogP contribution in [0.5, 0.6) is 0 Å². The van der Waals surface area contributed by atoms with Crippen LogP contribution in [-0.4, -0.2) is 23.5 Å². The molecule has 1 aromatic rings. The number of amides is 1. The van der Waals surface area contributed by atoms with Crippen LogP contribution < -0.4 is 4.90 Å². The van der Waals surface area contributed by atoms with Crippen LogP contribution in [-0.2, 0) is 9.59 Å². The average molecular weight is 292 g/mol. The Morgan fingerprint density at radius 2 is 2.00 bits per heavy atom. The largest absolute Gasteiger partial charge is 0.481 e. The van der Waals surface area contributed by atoms with Crippen LogP contribution in [0.4, 0.5) is 5.69 Å². The Labute approximate surface area is 122 Å². The number of carboxylic acids is 1. The maximum Gasteiger partial charge on any atom is 0.308 e. The summed E-state index contributed by atoms with van der Waals surface area (Å²) in [5.41, 5.74) is 0.646. The molecular weight excluding hydrogens is 276 g/mol. The molecule has 1 aromatic carbocycles. The molecule has 0 radical (unpaired) electrons. The van der Waals surface area contributed by atoms with Gasteiger partial charge >= 0.3 is 5.97 Å². The maximum absolute atomic E-state index is 12.0. The van der Waals surface area contributed by atoms with Gasteiger partial charge in [0.1, 0.15) is 5.40 Å². The van der Waals surface area contributed by atoms with Gasteiger partial charge in [-0.15, -0.1) is 0 Å². The van der Waals surface area contributed by atoms with Gasteiger partial charge in [0.05, 0.1) is 5.92 Å². The molecule has 6 heteroatoms. The number of hydrogen-bond donors (Lipinski definition) is 1. The molecule has 20 heavy (non-hydrogen) atoms. The van der Waals surface area contributed by atoms with Crippen LogP contribution in [0, 0.1) is 16.6 Å². The van der Waals surface area contributed by atoms with Crippen molar-refractivity contribution in [2.45, 2.75) is 25.2 Å². The highest BCUT2D eigenvalue weighted by molar-refractivity contribution is 8.03. The molecule has 106 valence electrons. The van der Waals surface area contributed by atoms with E-state index in [2.05, 4.69) is 0 Å². The van der Waals surface area contributed by atoms with Crippen molar-refractivity contribution in [2.75, 3.05) is 11.4 Å². The normalized spacial score (nSPS) is 11.4. The summed E-state index contributed by atoms with van der Waals surface area (Å²) >= 11 is 1.04. The maximum atomic E-state index is 12.0. The van der Waals surface area contributed by atoms with E-state index in [9.17, 15) is 9.59 Å². The van der Waals surface area contributed by atoms with Gasteiger partial charge in [0.2, 0.25) is 5.91 Å². The summed E-state index contributed by atoms with van der Waals surface area (Å²) in [5, 5.41) is 19.5. The summed E-state index contributed by atoms with van der Waals surface area (Å²) in [7, 11) is 0. The number of carbonyl (C=O) groups is 2. The molecule has 1 rings (SSSR count). The molecule has 0 heterocycles. The standard InChI is InChI=1S/C14H16N2O3S/c1-3-13(17)16(8-10(2)14(18)19)11-4-6-12(7-5-11)20-9-15/h4-7,10H,3,8H2,1-2H3,(H,18,19). The Bertz CT molecular complexity index is 522. The fraction of sp³-hybridized carbons (Fsp3) is 0.357. The molecule has 0 aliphatic heterocycles. The molecule has 0 fully saturated rings. The number of rotatable bonds is 6. The Balaban J connectivity index is 2.96. The molecule has 1 atom stereocenters. The lowest BCUT2D eigenvalue weighted by Gasteiger charge is -2.24. The zero-order valence-electron chi connectivity index (χ0n) is 11.4. The summed E-state index contributed by atoms with van der Waals surface area (Å²) < 4.78 is 0. The van der Waals surface area contributed by atoms with E-state index in [0.29, 0.717) is 12.1 Å². The molecule has 1 amide bonds. The molecule has 0 spiro atoms. The minimum absolute atomic E-state index is 0.126. The smallest absolute Gasteiger partial charge is 0.308 e. The van der Waals surface area contributed by atoms with Gasteiger partial charge in [-0.2, -0.15) is 5.26 Å². The summed E-state index contributed by atoms with van der Waals surface area (Å²) in [4.78, 5) is 25.2. The Kier molecular flexibility index (Phi) is 6.07. The van der Waals surface area contributed by atoms with Crippen LogP contribution in [0.3, 0.4) is 0 Å². The van der Waals surface area contributed by atoms with Gasteiger partial charge in [-0.05, 0) is 36.0 Å². The van der Waals surface area contributed by atoms with Crippen LogP contribution in [0.2, 0.25) is 0 Å². The number of anilines is 1. The summed E-state index contributed by atoms with van der Waals surface area (Å²) in [6.07, 6.45) is 0.307. The van der Waals surface area contributed by atoms with Crippen molar-refractivity contribution in [2.24, 2.45) is 5.92 Å². The van der Waals surface area contributed by atoms with Gasteiger partial charge in [-0.25, -0.2) is 0 Å². The van der Waals surface area contributed by atoms with Crippen molar-refractivity contribution in [3.8, 4) is 5.40 Å². The minimum Gasteiger partial charge on any atom is -0.481 e. The SMILES string of the molecule is CCC(=O)N(CC(C)C(=O)O)c1ccc(SC#N)cc1. The molecule has 0 aliphatic rings. The number of hydrogen-bond acceptors (Lipinski definition) is 4. The Morgan fingerprint density at radius 1 is 1.40 bits per heavy atom. The predicted molar refractivity (Wildman–Crippen MR) is 77.4 cm³/mol. The third-order valence-corrected chi connectivity index (χ3v) is 3.39. The first-order valence-corrected chi connectivity index (χ1v) is 7.00. The van der Waals surface area contributed by atoms with E-state index in [1.165, 1.54) is 4.90 Å². The second-order valence-electron chi connectivity index (χ2n) is 4.28. The van der Waals surface area contributed by atoms with Gasteiger partial charge in [-0.3, -0.25) is 9.59 Å². The van der Waals surface area contributed by atoms with E-state index in [0.717, 1.165) is 16.7 Å². The lowest BCUT2D eigenvalue weighted by atomic mass is 10.1. The highest BCUT2D eigenvalue weighted by Crippen LogP contribution is 2.23. The van der Waals surface area contributed by atoms with E-state index in [4.69, 9.17) is 10.4 Å². The monoisotopic (exact) mass is 292 g/mol. The minimum atomic E-state index is -0.935. The number of aliphatic carboxylic acids is 1. The van der Waals surface area contributed by atoms with E-state index < -0.39 is 11.9 Å². The van der Waals surface area contributed by atoms with E-state index >= 15 is 0 Å². The average Bonchev–Trinajstić information content (AvgIpc) is 2.45. The zero-order chi connectivity index (χ0) is 15.1. The highest BCUT2D eigenvalue weighted by Gasteiger charge is 2.20. The van der Waals surface area contributed by atoms with Crippen molar-refractivity contribution in [3.05, 3.63) is 24.3 Å². The molecule has 5 nitrogen and oxygen atoms in total. The van der Waals surface area contributed by atoms with Gasteiger partial charge in [-0.1, -0.05) is 13.8 Å². The summed E-state index contributed by atoms with van der Waals surface area (Å²) in [5.74, 6) is -1.70. The molecule has 0 bridgehead atoms. The number of benzene rings is 1. The summed E-state index contributed by atoms with van der Waals surface area (Å²) in [6.45, 7) is 3.44. The second kappa shape index (κ2) is 7.56. The van der Waals surface area contributed by atoms with Crippen molar-refractivity contribution in [1.29, 1.82) is 5.26 Å². The van der Waals surface area contributed by atoms with Crippen molar-refractivity contribution in [3.63, 3.8) is 0 Å². The van der Waals surface area contributed by atoms with E-state index in [-0.39, 0.29) is 12.5 Å². The van der Waals surface area contributed by atoms with Crippen molar-refractivity contribution in [1.82, 2.24) is 0 Å². The van der Waals surface area contributed by atoms with Crippen LogP contribution in [0.25, 0.3) is 0 Å². The first-order chi connectivity index (χ1) is 9.49. The molecule has 1 unspecified atom stereocenters. The first-order valence-electron chi connectivity index (χ1n) is 6.18. The van der Waals surface area contributed by atoms with Gasteiger partial charge in [0.15, 0.2) is 0 Å². The fourth-order valence-corrected chi connectivity index (χ4v) is 2.02. The molecular formula is C14H16N2O3S. The van der Waals surface area contributed by atoms with Crippen molar-refractivity contribution >= 4 is 29.3 Å². The van der Waals surface area contributed by atoms with Gasteiger partial charge in [0, 0.05) is 23.5 Å². The van der Waals surface area contributed by atoms with E-state index in [1.807, 2.05) is 5.40 Å². The first kappa shape index (κ1) is 16.1.